The van der Waals surface area contributed by atoms with Crippen molar-refractivity contribution in [3.63, 3.8) is 0 Å². The number of carbonyl (C=O) groups is 1. The summed E-state index contributed by atoms with van der Waals surface area (Å²) in [4.78, 5) is 12.3. The highest BCUT2D eigenvalue weighted by Crippen LogP contribution is 2.28. The van der Waals surface area contributed by atoms with E-state index in [2.05, 4.69) is 5.32 Å². The summed E-state index contributed by atoms with van der Waals surface area (Å²) in [5.74, 6) is -0.818. The quantitative estimate of drug-likeness (QED) is 0.846. The molecule has 2 aromatic carbocycles. The summed E-state index contributed by atoms with van der Waals surface area (Å²) < 4.78 is 19.0. The number of nitrogen functional groups attached to an aromatic ring is 1. The third kappa shape index (κ3) is 3.44. The molecule has 0 aromatic heterocycles. The fourth-order valence-electron chi connectivity index (χ4n) is 1.82. The highest BCUT2D eigenvalue weighted by molar-refractivity contribution is 6.31. The summed E-state index contributed by atoms with van der Waals surface area (Å²) in [5, 5.41) is 2.78. The number of amides is 1. The van der Waals surface area contributed by atoms with Gasteiger partial charge in [-0.05, 0) is 37.3 Å². The second-order valence-electron chi connectivity index (χ2n) is 4.24. The molecule has 0 aliphatic rings. The predicted molar refractivity (Wildman–Crippen MR) is 81.4 cm³/mol. The number of nitrogens with one attached hydrogen (secondary N) is 1. The van der Waals surface area contributed by atoms with E-state index in [1.807, 2.05) is 0 Å². The lowest BCUT2D eigenvalue weighted by Gasteiger charge is -2.13. The minimum absolute atomic E-state index is 0.00243. The van der Waals surface area contributed by atoms with E-state index in [1.54, 1.807) is 25.1 Å². The van der Waals surface area contributed by atoms with Crippen molar-refractivity contribution in [1.82, 2.24) is 0 Å². The summed E-state index contributed by atoms with van der Waals surface area (Å²) in [6, 6.07) is 8.73. The van der Waals surface area contributed by atoms with Crippen LogP contribution in [0.15, 0.2) is 36.4 Å². The Morgan fingerprint density at radius 1 is 1.38 bits per heavy atom. The van der Waals surface area contributed by atoms with Crippen molar-refractivity contribution in [2.45, 2.75) is 6.92 Å². The fourth-order valence-corrected chi connectivity index (χ4v) is 1.99. The molecule has 3 N–H and O–H groups in total. The van der Waals surface area contributed by atoms with E-state index in [-0.39, 0.29) is 17.0 Å². The zero-order valence-electron chi connectivity index (χ0n) is 11.3. The van der Waals surface area contributed by atoms with Crippen molar-refractivity contribution in [2.75, 3.05) is 17.7 Å². The summed E-state index contributed by atoms with van der Waals surface area (Å²) in [5.41, 5.74) is 6.37. The zero-order chi connectivity index (χ0) is 15.4. The first-order chi connectivity index (χ1) is 10.0. The van der Waals surface area contributed by atoms with Gasteiger partial charge in [-0.1, -0.05) is 17.7 Å². The van der Waals surface area contributed by atoms with Crippen molar-refractivity contribution < 1.29 is 13.9 Å². The van der Waals surface area contributed by atoms with Crippen LogP contribution in [0.2, 0.25) is 5.02 Å². The number of hydrogen-bond acceptors (Lipinski definition) is 3. The van der Waals surface area contributed by atoms with Crippen molar-refractivity contribution in [3.8, 4) is 5.75 Å². The van der Waals surface area contributed by atoms with Crippen LogP contribution in [0.5, 0.6) is 5.75 Å². The molecule has 0 unspecified atom stereocenters. The molecule has 0 heterocycles. The minimum Gasteiger partial charge on any atom is -0.491 e. The molecule has 0 aliphatic heterocycles. The van der Waals surface area contributed by atoms with Gasteiger partial charge in [0.25, 0.3) is 5.91 Å². The average molecular weight is 309 g/mol. The van der Waals surface area contributed by atoms with Gasteiger partial charge in [0, 0.05) is 5.02 Å². The van der Waals surface area contributed by atoms with E-state index >= 15 is 0 Å². The molecule has 21 heavy (non-hydrogen) atoms. The van der Waals surface area contributed by atoms with Crippen LogP contribution in [0.25, 0.3) is 0 Å². The molecule has 1 amide bonds. The van der Waals surface area contributed by atoms with E-state index < -0.39 is 11.7 Å². The maximum absolute atomic E-state index is 13.6. The van der Waals surface area contributed by atoms with Gasteiger partial charge in [-0.3, -0.25) is 4.79 Å². The number of anilines is 2. The van der Waals surface area contributed by atoms with Crippen molar-refractivity contribution in [1.29, 1.82) is 0 Å². The topological polar surface area (TPSA) is 64.3 Å². The van der Waals surface area contributed by atoms with Gasteiger partial charge in [0.05, 0.1) is 23.5 Å². The monoisotopic (exact) mass is 308 g/mol. The Balaban J connectivity index is 2.32. The number of para-hydroxylation sites is 1. The Morgan fingerprint density at radius 2 is 2.14 bits per heavy atom. The molecule has 0 saturated carbocycles. The zero-order valence-corrected chi connectivity index (χ0v) is 12.1. The van der Waals surface area contributed by atoms with E-state index in [0.29, 0.717) is 17.3 Å². The largest absolute Gasteiger partial charge is 0.491 e. The number of benzene rings is 2. The Hall–Kier alpha value is -2.27. The van der Waals surface area contributed by atoms with Gasteiger partial charge in [-0.15, -0.1) is 0 Å². The molecule has 0 bridgehead atoms. The van der Waals surface area contributed by atoms with Crippen LogP contribution >= 0.6 is 11.6 Å². The molecule has 0 spiro atoms. The van der Waals surface area contributed by atoms with Crippen LogP contribution in [0, 0.1) is 5.82 Å². The number of carbonyl (C=O) groups excluding carboxylic acids is 1. The van der Waals surface area contributed by atoms with Crippen LogP contribution in [-0.4, -0.2) is 12.5 Å². The highest BCUT2D eigenvalue weighted by atomic mass is 35.5. The Morgan fingerprint density at radius 3 is 2.86 bits per heavy atom. The fraction of sp³-hybridized carbons (Fsp3) is 0.133. The lowest BCUT2D eigenvalue weighted by molar-refractivity contribution is 0.102. The summed E-state index contributed by atoms with van der Waals surface area (Å²) in [6.07, 6.45) is 0. The molecule has 0 atom stereocenters. The van der Waals surface area contributed by atoms with E-state index in [0.717, 1.165) is 0 Å². The summed E-state index contributed by atoms with van der Waals surface area (Å²) >= 11 is 5.79. The van der Waals surface area contributed by atoms with Gasteiger partial charge in [0.15, 0.2) is 5.75 Å². The normalized spacial score (nSPS) is 10.2. The molecular formula is C15H14ClFN2O2. The molecule has 2 aromatic rings. The van der Waals surface area contributed by atoms with Gasteiger partial charge in [0.2, 0.25) is 0 Å². The molecule has 2 rings (SSSR count). The summed E-state index contributed by atoms with van der Waals surface area (Å²) in [7, 11) is 0. The van der Waals surface area contributed by atoms with Crippen LogP contribution in [-0.2, 0) is 0 Å². The third-order valence-corrected chi connectivity index (χ3v) is 2.99. The van der Waals surface area contributed by atoms with Crippen molar-refractivity contribution in [2.24, 2.45) is 0 Å². The van der Waals surface area contributed by atoms with Gasteiger partial charge < -0.3 is 15.8 Å². The summed E-state index contributed by atoms with van der Waals surface area (Å²) in [6.45, 7) is 2.14. The highest BCUT2D eigenvalue weighted by Gasteiger charge is 2.16. The Labute approximate surface area is 126 Å². The molecule has 4 nitrogen and oxygen atoms in total. The first-order valence-electron chi connectivity index (χ1n) is 6.30. The second kappa shape index (κ2) is 6.45. The lowest BCUT2D eigenvalue weighted by Crippen LogP contribution is -2.15. The van der Waals surface area contributed by atoms with Gasteiger partial charge in [-0.2, -0.15) is 0 Å². The standard InChI is InChI=1S/C15H14ClFN2O2/c1-2-21-14-10(4-3-5-12(14)18)15(20)19-13-8-9(16)6-7-11(13)17/h3-8H,2,18H2,1H3,(H,19,20). The van der Waals surface area contributed by atoms with E-state index in [9.17, 15) is 9.18 Å². The maximum Gasteiger partial charge on any atom is 0.259 e. The number of rotatable bonds is 4. The first kappa shape index (κ1) is 15.1. The molecule has 0 saturated heterocycles. The Bertz CT molecular complexity index is 677. The molecule has 110 valence electrons. The molecule has 0 fully saturated rings. The maximum atomic E-state index is 13.6. The van der Waals surface area contributed by atoms with Crippen LogP contribution in [0.1, 0.15) is 17.3 Å². The molecule has 0 radical (unpaired) electrons. The second-order valence-corrected chi connectivity index (χ2v) is 4.67. The number of nitrogens with two attached hydrogens (primary N) is 1. The lowest BCUT2D eigenvalue weighted by atomic mass is 10.1. The van der Waals surface area contributed by atoms with Crippen molar-refractivity contribution in [3.05, 3.63) is 52.8 Å². The van der Waals surface area contributed by atoms with E-state index in [4.69, 9.17) is 22.1 Å². The van der Waals surface area contributed by atoms with Crippen molar-refractivity contribution >= 4 is 28.9 Å². The average Bonchev–Trinajstić information content (AvgIpc) is 2.45. The minimum atomic E-state index is -0.574. The molecular weight excluding hydrogens is 295 g/mol. The number of ether oxygens (including phenoxy) is 1. The number of hydrogen-bond donors (Lipinski definition) is 2. The van der Waals surface area contributed by atoms with Crippen LogP contribution in [0.3, 0.4) is 0 Å². The number of halogens is 2. The van der Waals surface area contributed by atoms with Crippen LogP contribution in [0.4, 0.5) is 15.8 Å². The van der Waals surface area contributed by atoms with Crippen LogP contribution < -0.4 is 15.8 Å². The van der Waals surface area contributed by atoms with E-state index in [1.165, 1.54) is 18.2 Å². The van der Waals surface area contributed by atoms with Gasteiger partial charge in [0.1, 0.15) is 5.82 Å². The molecule has 0 aliphatic carbocycles. The molecule has 6 heteroatoms. The third-order valence-electron chi connectivity index (χ3n) is 2.76. The Kier molecular flexibility index (Phi) is 4.65. The van der Waals surface area contributed by atoms with Gasteiger partial charge in [-0.25, -0.2) is 4.39 Å². The first-order valence-corrected chi connectivity index (χ1v) is 6.68. The SMILES string of the molecule is CCOc1c(N)cccc1C(=O)Nc1cc(Cl)ccc1F. The predicted octanol–water partition coefficient (Wildman–Crippen LogP) is 3.71. The smallest absolute Gasteiger partial charge is 0.259 e. The van der Waals surface area contributed by atoms with Gasteiger partial charge >= 0.3 is 0 Å².